The van der Waals surface area contributed by atoms with Crippen molar-refractivity contribution in [2.24, 2.45) is 0 Å². The Kier molecular flexibility index (Phi) is 3.69. The van der Waals surface area contributed by atoms with Gasteiger partial charge in [-0.3, -0.25) is 4.79 Å². The number of nitrogens with one attached hydrogen (secondary N) is 1. The largest absolute Gasteiger partial charge is 0.478 e. The number of aromatic nitrogens is 3. The van der Waals surface area contributed by atoms with Crippen molar-refractivity contribution in [2.75, 3.05) is 5.32 Å². The molecule has 0 unspecified atom stereocenters. The molecule has 1 heterocycles. The minimum atomic E-state index is -1.56. The third kappa shape index (κ3) is 2.94. The summed E-state index contributed by atoms with van der Waals surface area (Å²) in [6, 6.07) is 1.11. The summed E-state index contributed by atoms with van der Waals surface area (Å²) in [4.78, 5) is 22.3. The van der Waals surface area contributed by atoms with Gasteiger partial charge in [-0.1, -0.05) is 5.21 Å². The highest BCUT2D eigenvalue weighted by Gasteiger charge is 2.16. The van der Waals surface area contributed by atoms with Crippen LogP contribution in [0.5, 0.6) is 0 Å². The lowest BCUT2D eigenvalue weighted by molar-refractivity contribution is -0.117. The van der Waals surface area contributed by atoms with Crippen molar-refractivity contribution in [3.8, 4) is 0 Å². The monoisotopic (exact) mass is 282 g/mol. The number of carbonyl (C=O) groups is 2. The predicted molar refractivity (Wildman–Crippen MR) is 62.0 cm³/mol. The van der Waals surface area contributed by atoms with Gasteiger partial charge in [-0.05, 0) is 6.07 Å². The van der Waals surface area contributed by atoms with Gasteiger partial charge in [0.15, 0.2) is 0 Å². The van der Waals surface area contributed by atoms with Crippen LogP contribution in [0.4, 0.5) is 14.5 Å². The smallest absolute Gasteiger partial charge is 0.338 e. The second-order valence-corrected chi connectivity index (χ2v) is 3.77. The Labute approximate surface area is 110 Å². The van der Waals surface area contributed by atoms with Gasteiger partial charge >= 0.3 is 5.97 Å². The number of hydrogen-bond acceptors (Lipinski definition) is 4. The number of halogens is 2. The highest BCUT2D eigenvalue weighted by molar-refractivity contribution is 5.94. The summed E-state index contributed by atoms with van der Waals surface area (Å²) in [6.07, 6.45) is 2.78. The van der Waals surface area contributed by atoms with Crippen LogP contribution in [0.15, 0.2) is 24.5 Å². The third-order valence-electron chi connectivity index (χ3n) is 2.34. The molecule has 104 valence electrons. The van der Waals surface area contributed by atoms with Crippen molar-refractivity contribution in [2.45, 2.75) is 6.54 Å². The first-order valence-corrected chi connectivity index (χ1v) is 5.33. The number of rotatable bonds is 4. The number of carbonyl (C=O) groups excluding carboxylic acids is 1. The van der Waals surface area contributed by atoms with Crippen LogP contribution < -0.4 is 5.32 Å². The molecule has 0 aliphatic rings. The van der Waals surface area contributed by atoms with Crippen LogP contribution in [0.25, 0.3) is 0 Å². The Bertz CT molecular complexity index is 658. The quantitative estimate of drug-likeness (QED) is 0.868. The van der Waals surface area contributed by atoms with E-state index in [1.165, 1.54) is 17.1 Å². The van der Waals surface area contributed by atoms with Gasteiger partial charge in [-0.25, -0.2) is 18.3 Å². The van der Waals surface area contributed by atoms with Crippen LogP contribution in [-0.2, 0) is 11.3 Å². The van der Waals surface area contributed by atoms with Crippen molar-refractivity contribution in [1.29, 1.82) is 0 Å². The number of hydrogen-bond donors (Lipinski definition) is 2. The zero-order valence-electron chi connectivity index (χ0n) is 9.88. The summed E-state index contributed by atoms with van der Waals surface area (Å²) in [5.41, 5.74) is -1.16. The van der Waals surface area contributed by atoms with E-state index in [-0.39, 0.29) is 6.54 Å². The molecule has 9 heteroatoms. The van der Waals surface area contributed by atoms with Crippen LogP contribution in [-0.4, -0.2) is 32.0 Å². The van der Waals surface area contributed by atoms with Gasteiger partial charge in [-0.2, -0.15) is 0 Å². The van der Waals surface area contributed by atoms with E-state index in [4.69, 9.17) is 5.11 Å². The van der Waals surface area contributed by atoms with Crippen molar-refractivity contribution < 1.29 is 23.5 Å². The molecule has 0 saturated heterocycles. The summed E-state index contributed by atoms with van der Waals surface area (Å²) >= 11 is 0. The van der Waals surface area contributed by atoms with Crippen LogP contribution in [0.1, 0.15) is 10.4 Å². The van der Waals surface area contributed by atoms with E-state index in [2.05, 4.69) is 15.6 Å². The normalized spacial score (nSPS) is 10.3. The van der Waals surface area contributed by atoms with Crippen LogP contribution in [0, 0.1) is 11.6 Å². The number of aromatic carboxylic acids is 1. The first kappa shape index (κ1) is 13.6. The number of nitrogens with zero attached hydrogens (tertiary/aromatic N) is 3. The van der Waals surface area contributed by atoms with Gasteiger partial charge < -0.3 is 10.4 Å². The lowest BCUT2D eigenvalue weighted by Gasteiger charge is -2.08. The number of anilines is 1. The molecular weight excluding hydrogens is 274 g/mol. The average Bonchev–Trinajstić information content (AvgIpc) is 2.84. The second kappa shape index (κ2) is 5.43. The molecule has 1 amide bonds. The maximum absolute atomic E-state index is 13.5. The molecule has 20 heavy (non-hydrogen) atoms. The minimum Gasteiger partial charge on any atom is -0.478 e. The molecule has 0 radical (unpaired) electrons. The molecule has 0 atom stereocenters. The molecule has 1 aromatic carbocycles. The maximum Gasteiger partial charge on any atom is 0.338 e. The Morgan fingerprint density at radius 3 is 2.65 bits per heavy atom. The van der Waals surface area contributed by atoms with E-state index in [1.807, 2.05) is 0 Å². The van der Waals surface area contributed by atoms with Crippen molar-refractivity contribution in [3.63, 3.8) is 0 Å². The van der Waals surface area contributed by atoms with Crippen LogP contribution >= 0.6 is 0 Å². The van der Waals surface area contributed by atoms with Gasteiger partial charge in [0.05, 0.1) is 17.4 Å². The molecule has 7 nitrogen and oxygen atoms in total. The summed E-state index contributed by atoms with van der Waals surface area (Å²) in [6.45, 7) is -0.237. The van der Waals surface area contributed by atoms with Crippen molar-refractivity contribution in [1.82, 2.24) is 15.0 Å². The number of carboxylic acids is 1. The Morgan fingerprint density at radius 2 is 2.05 bits per heavy atom. The van der Waals surface area contributed by atoms with E-state index in [1.54, 1.807) is 0 Å². The second-order valence-electron chi connectivity index (χ2n) is 3.77. The van der Waals surface area contributed by atoms with Crippen LogP contribution in [0.3, 0.4) is 0 Å². The summed E-state index contributed by atoms with van der Waals surface area (Å²) < 4.78 is 27.8. The molecule has 0 spiro atoms. The molecule has 0 aliphatic carbocycles. The standard InChI is InChI=1S/C11H8F2N4O3/c12-7-4-8(13)9(3-6(7)11(19)20)15-10(18)5-17-2-1-14-16-17/h1-4H,5H2,(H,15,18)(H,19,20). The Morgan fingerprint density at radius 1 is 1.30 bits per heavy atom. The lowest BCUT2D eigenvalue weighted by Crippen LogP contribution is -2.20. The summed E-state index contributed by atoms with van der Waals surface area (Å²) in [7, 11) is 0. The highest BCUT2D eigenvalue weighted by Crippen LogP contribution is 2.19. The minimum absolute atomic E-state index is 0.237. The van der Waals surface area contributed by atoms with Gasteiger partial charge in [0.25, 0.3) is 0 Å². The molecule has 0 aliphatic heterocycles. The van der Waals surface area contributed by atoms with Crippen molar-refractivity contribution in [3.05, 3.63) is 41.7 Å². The molecule has 0 bridgehead atoms. The SMILES string of the molecule is O=C(Cn1ccnn1)Nc1cc(C(=O)O)c(F)cc1F. The van der Waals surface area contributed by atoms with E-state index < -0.39 is 34.8 Å². The summed E-state index contributed by atoms with van der Waals surface area (Å²) in [5, 5.41) is 17.9. The molecule has 1 aromatic heterocycles. The van der Waals surface area contributed by atoms with E-state index in [0.29, 0.717) is 12.1 Å². The molecule has 0 fully saturated rings. The van der Waals surface area contributed by atoms with Gasteiger partial charge in [0, 0.05) is 12.3 Å². The predicted octanol–water partition coefficient (Wildman–Crippen LogP) is 0.893. The third-order valence-corrected chi connectivity index (χ3v) is 2.34. The highest BCUT2D eigenvalue weighted by atomic mass is 19.1. The number of carboxylic acid groups (broad SMARTS) is 1. The average molecular weight is 282 g/mol. The van der Waals surface area contributed by atoms with E-state index in [0.717, 1.165) is 0 Å². The lowest BCUT2D eigenvalue weighted by atomic mass is 10.2. The fraction of sp³-hybridized carbons (Fsp3) is 0.0909. The zero-order chi connectivity index (χ0) is 14.7. The first-order chi connectivity index (χ1) is 9.47. The molecular formula is C11H8F2N4O3. The fourth-order valence-corrected chi connectivity index (χ4v) is 1.46. The first-order valence-electron chi connectivity index (χ1n) is 5.33. The van der Waals surface area contributed by atoms with E-state index in [9.17, 15) is 18.4 Å². The zero-order valence-corrected chi connectivity index (χ0v) is 9.88. The Hall–Kier alpha value is -2.84. The fourth-order valence-electron chi connectivity index (χ4n) is 1.46. The van der Waals surface area contributed by atoms with Crippen LogP contribution in [0.2, 0.25) is 0 Å². The summed E-state index contributed by atoms with van der Waals surface area (Å²) in [5.74, 6) is -4.50. The number of amides is 1. The van der Waals surface area contributed by atoms with Gasteiger partial charge in [0.1, 0.15) is 18.2 Å². The molecule has 2 N–H and O–H groups in total. The number of benzene rings is 1. The van der Waals surface area contributed by atoms with Gasteiger partial charge in [-0.15, -0.1) is 5.10 Å². The maximum atomic E-state index is 13.5. The van der Waals surface area contributed by atoms with E-state index >= 15 is 0 Å². The topological polar surface area (TPSA) is 97.1 Å². The van der Waals surface area contributed by atoms with Crippen molar-refractivity contribution >= 4 is 17.6 Å². The molecule has 0 saturated carbocycles. The van der Waals surface area contributed by atoms with Gasteiger partial charge in [0.2, 0.25) is 5.91 Å². The Balaban J connectivity index is 2.18. The molecule has 2 rings (SSSR count). The molecule has 2 aromatic rings.